The van der Waals surface area contributed by atoms with Crippen LogP contribution in [-0.2, 0) is 19.5 Å². The molecule has 0 fully saturated rings. The van der Waals surface area contributed by atoms with Crippen LogP contribution in [0.25, 0.3) is 39.6 Å². The largest absolute Gasteiger partial charge is 0.457 e. The zero-order valence-electron chi connectivity index (χ0n) is 34.5. The van der Waals surface area contributed by atoms with Gasteiger partial charge in [-0.25, -0.2) is 0 Å². The Morgan fingerprint density at radius 3 is 1.97 bits per heavy atom. The molecule has 1 aromatic carbocycles. The van der Waals surface area contributed by atoms with Crippen LogP contribution in [0.1, 0.15) is 50.1 Å². The number of rotatable bonds is 10. The summed E-state index contributed by atoms with van der Waals surface area (Å²) in [7, 11) is 0. The smallest absolute Gasteiger partial charge is 0.136 e. The third-order valence-electron chi connectivity index (χ3n) is 9.00. The van der Waals surface area contributed by atoms with Gasteiger partial charge in [-0.1, -0.05) is 36.9 Å². The van der Waals surface area contributed by atoms with Gasteiger partial charge in [0.15, 0.2) is 0 Å². The SMILES string of the molecule is C=CC=N/C(=C\C)c1ccccn1.CCN(CC)c1ccc2c(c1)O/C(=C\C=C(/C#N)c1ccnc(-c3cc(C)ccn3)c1)C=C2C.[Ru].c1ccc(-c2ccccn2)nc1. The molecule has 0 bridgehead atoms. The molecule has 0 saturated carbocycles. The maximum Gasteiger partial charge on any atom is 0.136 e. The molecule has 0 spiro atoms. The van der Waals surface area contributed by atoms with E-state index in [2.05, 4.69) is 86.4 Å². The molecule has 10 heteroatoms. The van der Waals surface area contributed by atoms with Crippen LogP contribution in [0.3, 0.4) is 0 Å². The van der Waals surface area contributed by atoms with Crippen LogP contribution >= 0.6 is 0 Å². The standard InChI is InChI=1S/C29H28N4O.C11H12N2.C10H8N2.Ru/c1-5-33(6-2)24-8-10-26-21(4)16-25(34-29(26)18-24)9-7-23(19-30)22-12-14-32-28(17-22)27-15-20(3)11-13-31-27;1-3-8-12-10(4-2)11-7-5-6-9-13-11;1-3-7-11-9(5-1)10-6-2-4-8-12-10;/h7-18H,5-6H2,1-4H3;3-9H,1H2,2H3;1-8H;/b23-7+,25-9-;10-4-,12-8?;;. The van der Waals surface area contributed by atoms with Gasteiger partial charge in [0.1, 0.15) is 11.5 Å². The Morgan fingerprint density at radius 2 is 1.40 bits per heavy atom. The van der Waals surface area contributed by atoms with Gasteiger partial charge in [0.25, 0.3) is 0 Å². The molecule has 0 aliphatic carbocycles. The van der Waals surface area contributed by atoms with Crippen molar-refractivity contribution >= 4 is 28.7 Å². The summed E-state index contributed by atoms with van der Waals surface area (Å²) in [6.45, 7) is 15.8. The Balaban J connectivity index is 0.000000248. The van der Waals surface area contributed by atoms with Crippen molar-refractivity contribution in [1.29, 1.82) is 5.26 Å². The maximum atomic E-state index is 9.83. The number of benzene rings is 1. The third-order valence-corrected chi connectivity index (χ3v) is 9.00. The van der Waals surface area contributed by atoms with Crippen LogP contribution < -0.4 is 9.64 Å². The quantitative estimate of drug-likeness (QED) is 0.0759. The van der Waals surface area contributed by atoms with Crippen LogP contribution in [0.15, 0.2) is 176 Å². The zero-order valence-corrected chi connectivity index (χ0v) is 36.3. The molecule has 6 heterocycles. The number of aryl methyl sites for hydroxylation is 1. The first-order chi connectivity index (χ1) is 28.9. The van der Waals surface area contributed by atoms with Crippen LogP contribution in [0.2, 0.25) is 0 Å². The molecule has 0 saturated heterocycles. The summed E-state index contributed by atoms with van der Waals surface area (Å²) in [5.41, 5.74) is 10.9. The normalized spacial score (nSPS) is 12.5. The Morgan fingerprint density at radius 1 is 0.767 bits per heavy atom. The van der Waals surface area contributed by atoms with E-state index in [1.54, 1.807) is 49.4 Å². The van der Waals surface area contributed by atoms with Gasteiger partial charge in [-0.05, 0) is 142 Å². The van der Waals surface area contributed by atoms with E-state index in [0.29, 0.717) is 11.3 Å². The summed E-state index contributed by atoms with van der Waals surface area (Å²) in [4.78, 5) is 27.9. The minimum absolute atomic E-state index is 0. The van der Waals surface area contributed by atoms with Crippen LogP contribution in [0.4, 0.5) is 5.69 Å². The topological polar surface area (TPSA) is 113 Å². The molecular formula is C50H48N8ORu. The van der Waals surface area contributed by atoms with Crippen molar-refractivity contribution in [2.24, 2.45) is 4.99 Å². The fourth-order valence-corrected chi connectivity index (χ4v) is 5.98. The van der Waals surface area contributed by atoms with E-state index < -0.39 is 0 Å². The first-order valence-corrected chi connectivity index (χ1v) is 19.4. The number of nitriles is 1. The molecule has 9 nitrogen and oxygen atoms in total. The Labute approximate surface area is 366 Å². The molecule has 0 N–H and O–H groups in total. The molecule has 1 aliphatic heterocycles. The Kier molecular flexibility index (Phi) is 18.4. The molecule has 5 aromatic heterocycles. The second kappa shape index (κ2) is 24.1. The van der Waals surface area contributed by atoms with Gasteiger partial charge in [-0.15, -0.1) is 0 Å². The van der Waals surface area contributed by atoms with Crippen molar-refractivity contribution < 1.29 is 24.2 Å². The molecule has 7 rings (SSSR count). The van der Waals surface area contributed by atoms with E-state index in [4.69, 9.17) is 4.74 Å². The van der Waals surface area contributed by atoms with Gasteiger partial charge in [0, 0.05) is 87.1 Å². The number of hydrogen-bond donors (Lipinski definition) is 0. The number of ether oxygens (including phenoxy) is 1. The summed E-state index contributed by atoms with van der Waals surface area (Å²) in [5.74, 6) is 1.53. The van der Waals surface area contributed by atoms with Crippen LogP contribution in [0.5, 0.6) is 5.75 Å². The second-order valence-corrected chi connectivity index (χ2v) is 13.0. The fraction of sp³-hybridized carbons (Fsp3) is 0.140. The maximum absolute atomic E-state index is 9.83. The van der Waals surface area contributed by atoms with Gasteiger partial charge in [-0.3, -0.25) is 29.9 Å². The van der Waals surface area contributed by atoms with E-state index >= 15 is 0 Å². The van der Waals surface area contributed by atoms with Gasteiger partial charge in [0.05, 0.1) is 45.8 Å². The van der Waals surface area contributed by atoms with Gasteiger partial charge in [0.2, 0.25) is 0 Å². The molecule has 6 aromatic rings. The van der Waals surface area contributed by atoms with Crippen molar-refractivity contribution in [3.8, 4) is 34.6 Å². The number of aromatic nitrogens is 5. The fourth-order valence-electron chi connectivity index (χ4n) is 5.98. The summed E-state index contributed by atoms with van der Waals surface area (Å²) in [6.07, 6.45) is 19.6. The first kappa shape index (κ1) is 45.8. The molecule has 60 heavy (non-hydrogen) atoms. The average molecular weight is 878 g/mol. The summed E-state index contributed by atoms with van der Waals surface area (Å²) >= 11 is 0. The average Bonchev–Trinajstić information content (AvgIpc) is 3.29. The Hall–Kier alpha value is -6.95. The number of hydrogen-bond acceptors (Lipinski definition) is 9. The molecule has 1 aliphatic rings. The number of pyridine rings is 5. The van der Waals surface area contributed by atoms with Gasteiger partial charge < -0.3 is 9.64 Å². The van der Waals surface area contributed by atoms with Gasteiger partial charge >= 0.3 is 0 Å². The van der Waals surface area contributed by atoms with Crippen molar-refractivity contribution in [1.82, 2.24) is 24.9 Å². The van der Waals surface area contributed by atoms with Crippen molar-refractivity contribution in [3.63, 3.8) is 0 Å². The molecule has 0 radical (unpaired) electrons. The second-order valence-electron chi connectivity index (χ2n) is 13.0. The molecule has 0 amide bonds. The van der Waals surface area contributed by atoms with E-state index in [0.717, 1.165) is 81.0 Å². The molecule has 302 valence electrons. The number of fused-ring (bicyclic) bond motifs is 1. The monoisotopic (exact) mass is 878 g/mol. The summed E-state index contributed by atoms with van der Waals surface area (Å²) in [5, 5.41) is 9.83. The first-order valence-electron chi connectivity index (χ1n) is 19.4. The molecular weight excluding hydrogens is 830 g/mol. The van der Waals surface area contributed by atoms with E-state index in [9.17, 15) is 5.26 Å². The molecule has 0 atom stereocenters. The summed E-state index contributed by atoms with van der Waals surface area (Å²) in [6, 6.07) is 33.6. The van der Waals surface area contributed by atoms with Crippen molar-refractivity contribution in [2.45, 2.75) is 34.6 Å². The van der Waals surface area contributed by atoms with Gasteiger partial charge in [-0.2, -0.15) is 5.26 Å². The Bertz CT molecular complexity index is 2470. The zero-order chi connectivity index (χ0) is 41.8. The number of nitrogens with zero attached hydrogens (tertiary/aromatic N) is 8. The molecule has 0 unspecified atom stereocenters. The summed E-state index contributed by atoms with van der Waals surface area (Å²) < 4.78 is 6.20. The van der Waals surface area contributed by atoms with E-state index in [-0.39, 0.29) is 19.5 Å². The minimum Gasteiger partial charge on any atom is -0.457 e. The van der Waals surface area contributed by atoms with E-state index in [1.165, 1.54) is 0 Å². The predicted molar refractivity (Wildman–Crippen MR) is 242 cm³/mol. The number of aliphatic imine (C=N–C) groups is 1. The van der Waals surface area contributed by atoms with Crippen LogP contribution in [-0.4, -0.2) is 44.2 Å². The minimum atomic E-state index is 0. The van der Waals surface area contributed by atoms with E-state index in [1.807, 2.05) is 111 Å². The number of anilines is 1. The van der Waals surface area contributed by atoms with Crippen molar-refractivity contribution in [2.75, 3.05) is 18.0 Å². The van der Waals surface area contributed by atoms with Crippen molar-refractivity contribution in [3.05, 3.63) is 193 Å². The van der Waals surface area contributed by atoms with Crippen LogP contribution in [0, 0.1) is 18.3 Å². The predicted octanol–water partition coefficient (Wildman–Crippen LogP) is 11.4. The third kappa shape index (κ3) is 13.0. The number of allylic oxidation sites excluding steroid dienone is 7.